The van der Waals surface area contributed by atoms with E-state index in [9.17, 15) is 0 Å². The fourth-order valence-electron chi connectivity index (χ4n) is 1.36. The van der Waals surface area contributed by atoms with Crippen molar-refractivity contribution in [2.75, 3.05) is 13.1 Å². The summed E-state index contributed by atoms with van der Waals surface area (Å²) in [6.07, 6.45) is 6.25. The van der Waals surface area contributed by atoms with Crippen LogP contribution in [0.2, 0.25) is 0 Å². The second kappa shape index (κ2) is 5.15. The molecule has 1 aliphatic rings. The average Bonchev–Trinajstić information content (AvgIpc) is 1.93. The summed E-state index contributed by atoms with van der Waals surface area (Å²) < 4.78 is 0. The molecule has 1 fully saturated rings. The van der Waals surface area contributed by atoms with E-state index in [2.05, 4.69) is 11.4 Å². The molecule has 0 radical (unpaired) electrons. The van der Waals surface area contributed by atoms with Crippen molar-refractivity contribution in [2.45, 2.75) is 32.1 Å². The van der Waals surface area contributed by atoms with E-state index in [4.69, 9.17) is 5.26 Å². The number of nitrogens with zero attached hydrogens (tertiary/aromatic N) is 1. The molecule has 2 nitrogen and oxygen atoms in total. The SMILES string of the molecule is N#CCCNCCC1CCC1. The quantitative estimate of drug-likeness (QED) is 0.608. The molecule has 0 unspecified atom stereocenters. The van der Waals surface area contributed by atoms with E-state index in [1.54, 1.807) is 0 Å². The third kappa shape index (κ3) is 3.38. The van der Waals surface area contributed by atoms with Crippen molar-refractivity contribution in [3.05, 3.63) is 0 Å². The largest absolute Gasteiger partial charge is 0.316 e. The third-order valence-corrected chi connectivity index (χ3v) is 2.37. The molecule has 0 spiro atoms. The van der Waals surface area contributed by atoms with Gasteiger partial charge in [-0.1, -0.05) is 19.3 Å². The summed E-state index contributed by atoms with van der Waals surface area (Å²) in [5, 5.41) is 11.5. The first-order valence-electron chi connectivity index (χ1n) is 4.51. The number of nitriles is 1. The van der Waals surface area contributed by atoms with Crippen LogP contribution in [0.4, 0.5) is 0 Å². The summed E-state index contributed by atoms with van der Waals surface area (Å²) in [6, 6.07) is 2.12. The Kier molecular flexibility index (Phi) is 4.00. The smallest absolute Gasteiger partial charge is 0.0635 e. The molecule has 1 rings (SSSR count). The number of hydrogen-bond acceptors (Lipinski definition) is 2. The van der Waals surface area contributed by atoms with Crippen molar-refractivity contribution in [2.24, 2.45) is 5.92 Å². The maximum atomic E-state index is 8.24. The lowest BCUT2D eigenvalue weighted by molar-refractivity contribution is 0.292. The molecule has 1 aliphatic carbocycles. The molecule has 0 aliphatic heterocycles. The molecule has 11 heavy (non-hydrogen) atoms. The van der Waals surface area contributed by atoms with Crippen LogP contribution in [-0.4, -0.2) is 13.1 Å². The van der Waals surface area contributed by atoms with Crippen LogP contribution in [0.1, 0.15) is 32.1 Å². The summed E-state index contributed by atoms with van der Waals surface area (Å²) in [7, 11) is 0. The molecule has 0 aromatic heterocycles. The maximum absolute atomic E-state index is 8.24. The van der Waals surface area contributed by atoms with Gasteiger partial charge in [-0.05, 0) is 18.9 Å². The molecular weight excluding hydrogens is 136 g/mol. The molecule has 2 heteroatoms. The van der Waals surface area contributed by atoms with Gasteiger partial charge in [0.1, 0.15) is 0 Å². The summed E-state index contributed by atoms with van der Waals surface area (Å²) in [5.74, 6) is 0.990. The van der Waals surface area contributed by atoms with Crippen LogP contribution in [0.3, 0.4) is 0 Å². The number of hydrogen-bond donors (Lipinski definition) is 1. The molecule has 0 aromatic carbocycles. The van der Waals surface area contributed by atoms with Crippen molar-refractivity contribution in [3.63, 3.8) is 0 Å². The van der Waals surface area contributed by atoms with Crippen molar-refractivity contribution >= 4 is 0 Å². The van der Waals surface area contributed by atoms with Gasteiger partial charge in [-0.25, -0.2) is 0 Å². The molecule has 0 saturated heterocycles. The molecule has 62 valence electrons. The fourth-order valence-corrected chi connectivity index (χ4v) is 1.36. The molecule has 0 aromatic rings. The van der Waals surface area contributed by atoms with Gasteiger partial charge in [-0.15, -0.1) is 0 Å². The summed E-state index contributed by atoms with van der Waals surface area (Å²) >= 11 is 0. The van der Waals surface area contributed by atoms with Gasteiger partial charge < -0.3 is 5.32 Å². The monoisotopic (exact) mass is 152 g/mol. The predicted octanol–water partition coefficient (Wildman–Crippen LogP) is 1.68. The number of nitrogens with one attached hydrogen (secondary N) is 1. The van der Waals surface area contributed by atoms with E-state index in [0.717, 1.165) is 19.0 Å². The van der Waals surface area contributed by atoms with Gasteiger partial charge >= 0.3 is 0 Å². The van der Waals surface area contributed by atoms with E-state index < -0.39 is 0 Å². The Morgan fingerprint density at radius 3 is 2.73 bits per heavy atom. The standard InChI is InChI=1S/C9H16N2/c10-6-2-7-11-8-5-9-3-1-4-9/h9,11H,1-5,7-8H2. The zero-order valence-electron chi connectivity index (χ0n) is 6.97. The normalized spacial score (nSPS) is 17.4. The van der Waals surface area contributed by atoms with Crippen LogP contribution in [0, 0.1) is 17.2 Å². The lowest BCUT2D eigenvalue weighted by atomic mass is 9.83. The lowest BCUT2D eigenvalue weighted by Gasteiger charge is -2.25. The zero-order chi connectivity index (χ0) is 7.94. The summed E-state index contributed by atoms with van der Waals surface area (Å²) in [5.41, 5.74) is 0. The highest BCUT2D eigenvalue weighted by atomic mass is 14.8. The van der Waals surface area contributed by atoms with Crippen molar-refractivity contribution in [1.29, 1.82) is 5.26 Å². The van der Waals surface area contributed by atoms with E-state index >= 15 is 0 Å². The van der Waals surface area contributed by atoms with E-state index in [1.807, 2.05) is 0 Å². The second-order valence-corrected chi connectivity index (χ2v) is 3.24. The van der Waals surface area contributed by atoms with Crippen LogP contribution in [-0.2, 0) is 0 Å². The van der Waals surface area contributed by atoms with Crippen molar-refractivity contribution in [3.8, 4) is 6.07 Å². The molecule has 1 N–H and O–H groups in total. The third-order valence-electron chi connectivity index (χ3n) is 2.37. The topological polar surface area (TPSA) is 35.8 Å². The van der Waals surface area contributed by atoms with Crippen molar-refractivity contribution < 1.29 is 0 Å². The first-order chi connectivity index (χ1) is 5.43. The van der Waals surface area contributed by atoms with E-state index in [0.29, 0.717) is 6.42 Å². The highest BCUT2D eigenvalue weighted by Gasteiger charge is 2.15. The molecule has 0 heterocycles. The molecule has 1 saturated carbocycles. The van der Waals surface area contributed by atoms with Gasteiger partial charge in [0.25, 0.3) is 0 Å². The lowest BCUT2D eigenvalue weighted by Crippen LogP contribution is -2.21. The molecule has 0 bridgehead atoms. The van der Waals surface area contributed by atoms with Crippen LogP contribution in [0.25, 0.3) is 0 Å². The molecule has 0 atom stereocenters. The number of rotatable bonds is 5. The van der Waals surface area contributed by atoms with Crippen LogP contribution in [0.15, 0.2) is 0 Å². The Morgan fingerprint density at radius 2 is 2.18 bits per heavy atom. The highest BCUT2D eigenvalue weighted by molar-refractivity contribution is 4.72. The average molecular weight is 152 g/mol. The van der Waals surface area contributed by atoms with Gasteiger partial charge in [0.15, 0.2) is 0 Å². The Hall–Kier alpha value is -0.550. The Bertz CT molecular complexity index is 133. The Morgan fingerprint density at radius 1 is 1.36 bits per heavy atom. The Balaban J connectivity index is 1.77. The minimum atomic E-state index is 0.644. The fraction of sp³-hybridized carbons (Fsp3) is 0.889. The first-order valence-corrected chi connectivity index (χ1v) is 4.51. The second-order valence-electron chi connectivity index (χ2n) is 3.24. The van der Waals surface area contributed by atoms with Crippen molar-refractivity contribution in [1.82, 2.24) is 5.32 Å². The predicted molar refractivity (Wildman–Crippen MR) is 45.1 cm³/mol. The summed E-state index contributed by atoms with van der Waals surface area (Å²) in [6.45, 7) is 1.97. The molecule has 0 amide bonds. The van der Waals surface area contributed by atoms with Gasteiger partial charge in [0.05, 0.1) is 6.07 Å². The van der Waals surface area contributed by atoms with Gasteiger partial charge in [-0.3, -0.25) is 0 Å². The minimum Gasteiger partial charge on any atom is -0.316 e. The van der Waals surface area contributed by atoms with Gasteiger partial charge in [0.2, 0.25) is 0 Å². The Labute approximate surface area is 68.6 Å². The van der Waals surface area contributed by atoms with Crippen LogP contribution >= 0.6 is 0 Å². The minimum absolute atomic E-state index is 0.644. The van der Waals surface area contributed by atoms with E-state index in [-0.39, 0.29) is 0 Å². The maximum Gasteiger partial charge on any atom is 0.0635 e. The van der Waals surface area contributed by atoms with E-state index in [1.165, 1.54) is 25.7 Å². The first kappa shape index (κ1) is 8.55. The van der Waals surface area contributed by atoms with Gasteiger partial charge in [-0.2, -0.15) is 5.26 Å². The summed E-state index contributed by atoms with van der Waals surface area (Å²) in [4.78, 5) is 0. The zero-order valence-corrected chi connectivity index (χ0v) is 6.97. The van der Waals surface area contributed by atoms with Crippen LogP contribution < -0.4 is 5.32 Å². The van der Waals surface area contributed by atoms with Crippen LogP contribution in [0.5, 0.6) is 0 Å². The molecular formula is C9H16N2. The van der Waals surface area contributed by atoms with Gasteiger partial charge in [0, 0.05) is 13.0 Å². The highest BCUT2D eigenvalue weighted by Crippen LogP contribution is 2.28.